The molecule has 1 aliphatic rings. The van der Waals surface area contributed by atoms with Crippen molar-refractivity contribution in [3.8, 4) is 17.2 Å². The molecule has 3 aromatic rings. The molecule has 0 N–H and O–H groups in total. The van der Waals surface area contributed by atoms with Crippen molar-refractivity contribution in [1.29, 1.82) is 0 Å². The smallest absolute Gasteiger partial charge is 0.293 e. The Morgan fingerprint density at radius 3 is 2.32 bits per heavy atom. The number of amides is 2. The van der Waals surface area contributed by atoms with Crippen molar-refractivity contribution in [2.24, 2.45) is 0 Å². The number of imide groups is 1. The van der Waals surface area contributed by atoms with Crippen LogP contribution >= 0.6 is 11.8 Å². The van der Waals surface area contributed by atoms with Gasteiger partial charge in [-0.2, -0.15) is 0 Å². The number of ether oxygens (including phenoxy) is 3. The van der Waals surface area contributed by atoms with Crippen LogP contribution in [-0.4, -0.2) is 41.3 Å². The second-order valence-electron chi connectivity index (χ2n) is 8.11. The number of nitrogens with zero attached hydrogens (tertiary/aromatic N) is 2. The van der Waals surface area contributed by atoms with Gasteiger partial charge in [0.15, 0.2) is 11.5 Å². The Hall–Kier alpha value is -4.31. The van der Waals surface area contributed by atoms with Crippen molar-refractivity contribution in [3.05, 3.63) is 98.4 Å². The van der Waals surface area contributed by atoms with Crippen LogP contribution in [-0.2, 0) is 11.3 Å². The molecule has 0 atom stereocenters. The summed E-state index contributed by atoms with van der Waals surface area (Å²) >= 11 is 0.839. The topological polar surface area (TPSA) is 108 Å². The molecule has 0 spiro atoms. The summed E-state index contributed by atoms with van der Waals surface area (Å²) in [7, 11) is 1.52. The molecule has 1 aliphatic heterocycles. The number of nitro groups is 1. The number of benzene rings is 3. The molecule has 3 aromatic carbocycles. The molecule has 37 heavy (non-hydrogen) atoms. The predicted octanol–water partition coefficient (Wildman–Crippen LogP) is 5.61. The first-order valence-electron chi connectivity index (χ1n) is 11.3. The third kappa shape index (κ3) is 6.47. The summed E-state index contributed by atoms with van der Waals surface area (Å²) in [6.07, 6.45) is 1.62. The Labute approximate surface area is 217 Å². The Morgan fingerprint density at radius 2 is 1.65 bits per heavy atom. The van der Waals surface area contributed by atoms with Gasteiger partial charge in [-0.3, -0.25) is 24.6 Å². The fourth-order valence-corrected chi connectivity index (χ4v) is 4.37. The highest BCUT2D eigenvalue weighted by molar-refractivity contribution is 8.18. The van der Waals surface area contributed by atoms with E-state index in [4.69, 9.17) is 14.2 Å². The van der Waals surface area contributed by atoms with Gasteiger partial charge < -0.3 is 14.2 Å². The number of hydrogen-bond donors (Lipinski definition) is 0. The molecule has 0 bridgehead atoms. The molecule has 9 nitrogen and oxygen atoms in total. The van der Waals surface area contributed by atoms with Crippen LogP contribution in [0.5, 0.6) is 17.2 Å². The van der Waals surface area contributed by atoms with Crippen LogP contribution in [0.25, 0.3) is 6.08 Å². The van der Waals surface area contributed by atoms with Gasteiger partial charge >= 0.3 is 0 Å². The number of non-ortho nitro benzene ring substituents is 1. The molecule has 10 heteroatoms. The van der Waals surface area contributed by atoms with E-state index in [1.807, 2.05) is 31.2 Å². The third-order valence-electron chi connectivity index (χ3n) is 5.48. The number of methoxy groups -OCH3 is 1. The molecule has 190 valence electrons. The van der Waals surface area contributed by atoms with Crippen LogP contribution in [0.15, 0.2) is 71.6 Å². The maximum atomic E-state index is 12.9. The molecule has 0 unspecified atom stereocenters. The lowest BCUT2D eigenvalue weighted by atomic mass is 10.1. The van der Waals surface area contributed by atoms with Gasteiger partial charge in [-0.05, 0) is 60.2 Å². The van der Waals surface area contributed by atoms with E-state index >= 15 is 0 Å². The summed E-state index contributed by atoms with van der Waals surface area (Å²) in [6.45, 7) is 2.71. The number of nitro benzene ring substituents is 1. The first kappa shape index (κ1) is 25.8. The molecule has 4 rings (SSSR count). The molecule has 0 saturated carbocycles. The van der Waals surface area contributed by atoms with Crippen LogP contribution in [0.3, 0.4) is 0 Å². The average molecular weight is 521 g/mol. The highest BCUT2D eigenvalue weighted by atomic mass is 32.2. The first-order valence-corrected chi connectivity index (χ1v) is 12.1. The van der Waals surface area contributed by atoms with Crippen LogP contribution in [0.2, 0.25) is 0 Å². The van der Waals surface area contributed by atoms with E-state index in [-0.39, 0.29) is 17.1 Å². The summed E-state index contributed by atoms with van der Waals surface area (Å²) < 4.78 is 16.9. The number of hydrogen-bond acceptors (Lipinski definition) is 8. The van der Waals surface area contributed by atoms with Gasteiger partial charge in [0.05, 0.1) is 23.5 Å². The van der Waals surface area contributed by atoms with Gasteiger partial charge in [-0.15, -0.1) is 0 Å². The van der Waals surface area contributed by atoms with E-state index in [9.17, 15) is 19.7 Å². The van der Waals surface area contributed by atoms with Gasteiger partial charge in [-0.25, -0.2) is 0 Å². The van der Waals surface area contributed by atoms with E-state index in [1.54, 1.807) is 24.3 Å². The largest absolute Gasteiger partial charge is 0.493 e. The molecule has 0 radical (unpaired) electrons. The average Bonchev–Trinajstić information content (AvgIpc) is 3.15. The lowest BCUT2D eigenvalue weighted by molar-refractivity contribution is -0.384. The zero-order valence-corrected chi connectivity index (χ0v) is 21.0. The molecule has 1 fully saturated rings. The van der Waals surface area contributed by atoms with Crippen molar-refractivity contribution in [2.75, 3.05) is 20.3 Å². The quantitative estimate of drug-likeness (QED) is 0.147. The molecule has 0 aliphatic carbocycles. The lowest BCUT2D eigenvalue weighted by Gasteiger charge is -2.13. The van der Waals surface area contributed by atoms with Crippen LogP contribution in [0, 0.1) is 17.0 Å². The fourth-order valence-electron chi connectivity index (χ4n) is 3.53. The Balaban J connectivity index is 1.38. The zero-order valence-electron chi connectivity index (χ0n) is 20.2. The van der Waals surface area contributed by atoms with Crippen molar-refractivity contribution in [1.82, 2.24) is 4.90 Å². The third-order valence-corrected chi connectivity index (χ3v) is 6.38. The second kappa shape index (κ2) is 11.6. The first-order chi connectivity index (χ1) is 17.8. The molecule has 0 aromatic heterocycles. The standard InChI is InChI=1S/C27H24N2O7S/c1-18-3-10-22(11-4-18)35-13-14-36-23-12-7-20(15-24(23)34-2)16-25-26(30)28(27(31)37-25)17-19-5-8-21(9-6-19)29(32)33/h3-12,15-16H,13-14,17H2,1-2H3/b25-16-. The minimum absolute atomic E-state index is 0.0285. The molecular weight excluding hydrogens is 496 g/mol. The summed E-state index contributed by atoms with van der Waals surface area (Å²) in [5.74, 6) is 1.34. The van der Waals surface area contributed by atoms with Crippen molar-refractivity contribution in [2.45, 2.75) is 13.5 Å². The minimum atomic E-state index is -0.504. The van der Waals surface area contributed by atoms with E-state index in [0.29, 0.717) is 35.8 Å². The van der Waals surface area contributed by atoms with Gasteiger partial charge in [-0.1, -0.05) is 35.9 Å². The van der Waals surface area contributed by atoms with Crippen molar-refractivity contribution in [3.63, 3.8) is 0 Å². The molecule has 2 amide bonds. The highest BCUT2D eigenvalue weighted by Gasteiger charge is 2.35. The fraction of sp³-hybridized carbons (Fsp3) is 0.185. The number of rotatable bonds is 10. The molecular formula is C27H24N2O7S. The summed E-state index contributed by atoms with van der Waals surface area (Å²) in [4.78, 5) is 37.0. The maximum absolute atomic E-state index is 12.9. The summed E-state index contributed by atoms with van der Waals surface area (Å²) in [5.41, 5.74) is 2.38. The van der Waals surface area contributed by atoms with Crippen molar-refractivity contribution >= 4 is 34.7 Å². The number of carbonyl (C=O) groups is 2. The van der Waals surface area contributed by atoms with Crippen LogP contribution in [0.4, 0.5) is 10.5 Å². The highest BCUT2D eigenvalue weighted by Crippen LogP contribution is 2.35. The normalized spacial score (nSPS) is 14.2. The second-order valence-corrected chi connectivity index (χ2v) is 9.10. The zero-order chi connectivity index (χ0) is 26.4. The van der Waals surface area contributed by atoms with E-state index in [0.717, 1.165) is 28.0 Å². The van der Waals surface area contributed by atoms with Gasteiger partial charge in [0, 0.05) is 12.1 Å². The molecule has 1 saturated heterocycles. The lowest BCUT2D eigenvalue weighted by Crippen LogP contribution is -2.27. The van der Waals surface area contributed by atoms with Gasteiger partial charge in [0.25, 0.3) is 16.8 Å². The number of thioether (sulfide) groups is 1. The van der Waals surface area contributed by atoms with Crippen LogP contribution < -0.4 is 14.2 Å². The van der Waals surface area contributed by atoms with Gasteiger partial charge in [0.1, 0.15) is 19.0 Å². The Bertz CT molecular complexity index is 1340. The van der Waals surface area contributed by atoms with E-state index < -0.39 is 16.1 Å². The van der Waals surface area contributed by atoms with Crippen molar-refractivity contribution < 1.29 is 28.7 Å². The SMILES string of the molecule is COc1cc(/C=C2\SC(=O)N(Cc3ccc([N+](=O)[O-])cc3)C2=O)ccc1OCCOc1ccc(C)cc1. The van der Waals surface area contributed by atoms with E-state index in [1.165, 1.54) is 31.4 Å². The van der Waals surface area contributed by atoms with E-state index in [2.05, 4.69) is 0 Å². The Morgan fingerprint density at radius 1 is 0.946 bits per heavy atom. The predicted molar refractivity (Wildman–Crippen MR) is 140 cm³/mol. The van der Waals surface area contributed by atoms with Gasteiger partial charge in [0.2, 0.25) is 0 Å². The Kier molecular flexibility index (Phi) is 8.09. The summed E-state index contributed by atoms with van der Waals surface area (Å²) in [6, 6.07) is 18.7. The molecule has 1 heterocycles. The minimum Gasteiger partial charge on any atom is -0.493 e. The monoisotopic (exact) mass is 520 g/mol. The maximum Gasteiger partial charge on any atom is 0.293 e. The summed E-state index contributed by atoms with van der Waals surface area (Å²) in [5, 5.41) is 10.4. The van der Waals surface area contributed by atoms with Crippen LogP contribution in [0.1, 0.15) is 16.7 Å². The number of aryl methyl sites for hydroxylation is 1. The number of carbonyl (C=O) groups excluding carboxylic acids is 2.